The van der Waals surface area contributed by atoms with E-state index in [-0.39, 0.29) is 5.28 Å². The summed E-state index contributed by atoms with van der Waals surface area (Å²) in [6.07, 6.45) is 7.05. The Morgan fingerprint density at radius 1 is 1.10 bits per heavy atom. The molecule has 0 unspecified atom stereocenters. The van der Waals surface area contributed by atoms with Gasteiger partial charge in [-0.05, 0) is 23.7 Å². The van der Waals surface area contributed by atoms with E-state index in [1.54, 1.807) is 6.20 Å². The van der Waals surface area contributed by atoms with Gasteiger partial charge in [-0.3, -0.25) is 0 Å². The normalized spacial score (nSPS) is 13.7. The van der Waals surface area contributed by atoms with Crippen molar-refractivity contribution in [2.45, 2.75) is 13.0 Å². The van der Waals surface area contributed by atoms with Gasteiger partial charge in [-0.15, -0.1) is 0 Å². The van der Waals surface area contributed by atoms with Crippen LogP contribution < -0.4 is 0 Å². The fraction of sp³-hybridized carbons (Fsp3) is 0.125. The Hall–Kier alpha value is -2.13. The fourth-order valence-electron chi connectivity index (χ4n) is 2.91. The van der Waals surface area contributed by atoms with Crippen LogP contribution >= 0.6 is 11.6 Å². The SMILES string of the molecule is Clc1nccc(-c2c3n(c4ccccc24)CC=CC3)n1. The zero-order valence-corrected chi connectivity index (χ0v) is 11.5. The number of hydrogen-bond donors (Lipinski definition) is 0. The van der Waals surface area contributed by atoms with E-state index in [9.17, 15) is 0 Å². The summed E-state index contributed by atoms with van der Waals surface area (Å²) >= 11 is 5.95. The number of benzene rings is 1. The van der Waals surface area contributed by atoms with Crippen LogP contribution in [-0.2, 0) is 13.0 Å². The quantitative estimate of drug-likeness (QED) is 0.501. The van der Waals surface area contributed by atoms with Crippen LogP contribution in [0.1, 0.15) is 5.69 Å². The molecular weight excluding hydrogens is 270 g/mol. The highest BCUT2D eigenvalue weighted by Gasteiger charge is 2.19. The Labute approximate surface area is 121 Å². The number of nitrogens with zero attached hydrogens (tertiary/aromatic N) is 3. The summed E-state index contributed by atoms with van der Waals surface area (Å²) in [6.45, 7) is 0.911. The second-order valence-electron chi connectivity index (χ2n) is 4.84. The van der Waals surface area contributed by atoms with Crippen molar-refractivity contribution < 1.29 is 0 Å². The Bertz CT molecular complexity index is 833. The second-order valence-corrected chi connectivity index (χ2v) is 5.17. The van der Waals surface area contributed by atoms with E-state index in [1.165, 1.54) is 22.2 Å². The Morgan fingerprint density at radius 2 is 2.00 bits per heavy atom. The molecule has 1 aliphatic rings. The summed E-state index contributed by atoms with van der Waals surface area (Å²) in [7, 11) is 0. The first-order valence-corrected chi connectivity index (χ1v) is 6.96. The zero-order chi connectivity index (χ0) is 13.5. The highest BCUT2D eigenvalue weighted by Crippen LogP contribution is 2.35. The lowest BCUT2D eigenvalue weighted by molar-refractivity contribution is 0.783. The van der Waals surface area contributed by atoms with E-state index in [2.05, 4.69) is 51.0 Å². The predicted molar refractivity (Wildman–Crippen MR) is 80.8 cm³/mol. The summed E-state index contributed by atoms with van der Waals surface area (Å²) in [5.41, 5.74) is 4.61. The van der Waals surface area contributed by atoms with Gasteiger partial charge in [-0.1, -0.05) is 30.4 Å². The summed E-state index contributed by atoms with van der Waals surface area (Å²) in [6, 6.07) is 10.4. The predicted octanol–water partition coefficient (Wildman–Crippen LogP) is 3.86. The van der Waals surface area contributed by atoms with Crippen LogP contribution in [0.25, 0.3) is 22.2 Å². The molecule has 1 aliphatic heterocycles. The van der Waals surface area contributed by atoms with Gasteiger partial charge < -0.3 is 4.57 Å². The number of allylic oxidation sites excluding steroid dienone is 2. The summed E-state index contributed by atoms with van der Waals surface area (Å²) in [4.78, 5) is 8.37. The molecule has 4 rings (SSSR count). The third-order valence-electron chi connectivity index (χ3n) is 3.73. The molecule has 98 valence electrons. The zero-order valence-electron chi connectivity index (χ0n) is 10.8. The number of hydrogen-bond acceptors (Lipinski definition) is 2. The molecule has 0 radical (unpaired) electrons. The molecule has 0 saturated carbocycles. The molecule has 0 spiro atoms. The van der Waals surface area contributed by atoms with E-state index in [0.717, 1.165) is 18.7 Å². The first kappa shape index (κ1) is 11.7. The van der Waals surface area contributed by atoms with Crippen LogP contribution in [0.5, 0.6) is 0 Å². The fourth-order valence-corrected chi connectivity index (χ4v) is 3.06. The topological polar surface area (TPSA) is 30.7 Å². The minimum Gasteiger partial charge on any atom is -0.340 e. The van der Waals surface area contributed by atoms with Crippen molar-refractivity contribution in [2.24, 2.45) is 0 Å². The van der Waals surface area contributed by atoms with Gasteiger partial charge in [0, 0.05) is 41.3 Å². The maximum Gasteiger partial charge on any atom is 0.222 e. The molecule has 3 nitrogen and oxygen atoms in total. The van der Waals surface area contributed by atoms with Gasteiger partial charge in [-0.25, -0.2) is 9.97 Å². The number of rotatable bonds is 1. The summed E-state index contributed by atoms with van der Waals surface area (Å²) in [5, 5.41) is 1.51. The largest absolute Gasteiger partial charge is 0.340 e. The van der Waals surface area contributed by atoms with Crippen LogP contribution in [0.3, 0.4) is 0 Å². The van der Waals surface area contributed by atoms with E-state index in [0.29, 0.717) is 0 Å². The van der Waals surface area contributed by atoms with Gasteiger partial charge in [0.15, 0.2) is 0 Å². The van der Waals surface area contributed by atoms with Crippen molar-refractivity contribution >= 4 is 22.5 Å². The molecule has 2 aromatic heterocycles. The maximum absolute atomic E-state index is 5.95. The van der Waals surface area contributed by atoms with Gasteiger partial charge in [0.05, 0.1) is 5.69 Å². The molecule has 0 bridgehead atoms. The highest BCUT2D eigenvalue weighted by atomic mass is 35.5. The third-order valence-corrected chi connectivity index (χ3v) is 3.91. The number of aromatic nitrogens is 3. The first-order valence-electron chi connectivity index (χ1n) is 6.58. The van der Waals surface area contributed by atoms with Crippen LogP contribution in [-0.4, -0.2) is 14.5 Å². The molecule has 0 aliphatic carbocycles. The highest BCUT2D eigenvalue weighted by molar-refractivity contribution is 6.28. The Balaban J connectivity index is 2.09. The number of para-hydroxylation sites is 1. The average molecular weight is 282 g/mol. The standard InChI is InChI=1S/C16H12ClN3/c17-16-18-9-8-12(19-16)15-11-5-1-2-6-13(11)20-10-4-3-7-14(15)20/h1-6,8-9H,7,10H2. The van der Waals surface area contributed by atoms with Gasteiger partial charge in [-0.2, -0.15) is 0 Å². The van der Waals surface area contributed by atoms with E-state index in [4.69, 9.17) is 11.6 Å². The van der Waals surface area contributed by atoms with Gasteiger partial charge >= 0.3 is 0 Å². The second kappa shape index (κ2) is 4.46. The lowest BCUT2D eigenvalue weighted by Crippen LogP contribution is -2.05. The lowest BCUT2D eigenvalue weighted by Gasteiger charge is -2.12. The summed E-state index contributed by atoms with van der Waals surface area (Å²) in [5.74, 6) is 0. The third kappa shape index (κ3) is 1.67. The van der Waals surface area contributed by atoms with Crippen LogP contribution in [0, 0.1) is 0 Å². The van der Waals surface area contributed by atoms with Gasteiger partial charge in [0.2, 0.25) is 5.28 Å². The summed E-state index contributed by atoms with van der Waals surface area (Å²) < 4.78 is 2.35. The molecular formula is C16H12ClN3. The smallest absolute Gasteiger partial charge is 0.222 e. The molecule has 4 heteroatoms. The lowest BCUT2D eigenvalue weighted by atomic mass is 10.0. The minimum absolute atomic E-state index is 0.290. The molecule has 0 amide bonds. The van der Waals surface area contributed by atoms with Crippen LogP contribution in [0.15, 0.2) is 48.7 Å². The maximum atomic E-state index is 5.95. The van der Waals surface area contributed by atoms with Crippen molar-refractivity contribution in [1.29, 1.82) is 0 Å². The van der Waals surface area contributed by atoms with Crippen molar-refractivity contribution in [2.75, 3.05) is 0 Å². The molecule has 0 fully saturated rings. The van der Waals surface area contributed by atoms with Gasteiger partial charge in [0.1, 0.15) is 0 Å². The van der Waals surface area contributed by atoms with E-state index in [1.807, 2.05) is 6.07 Å². The number of fused-ring (bicyclic) bond motifs is 3. The molecule has 1 aromatic carbocycles. The van der Waals surface area contributed by atoms with E-state index < -0.39 is 0 Å². The molecule has 0 N–H and O–H groups in total. The van der Waals surface area contributed by atoms with E-state index >= 15 is 0 Å². The monoisotopic (exact) mass is 281 g/mol. The molecule has 3 aromatic rings. The van der Waals surface area contributed by atoms with Gasteiger partial charge in [0.25, 0.3) is 0 Å². The molecule has 0 saturated heterocycles. The van der Waals surface area contributed by atoms with Crippen molar-refractivity contribution in [3.8, 4) is 11.3 Å². The van der Waals surface area contributed by atoms with Crippen molar-refractivity contribution in [3.63, 3.8) is 0 Å². The van der Waals surface area contributed by atoms with Crippen molar-refractivity contribution in [3.05, 3.63) is 59.7 Å². The average Bonchev–Trinajstić information content (AvgIpc) is 2.82. The Morgan fingerprint density at radius 3 is 2.90 bits per heavy atom. The van der Waals surface area contributed by atoms with Crippen molar-refractivity contribution in [1.82, 2.24) is 14.5 Å². The number of halogens is 1. The Kier molecular flexibility index (Phi) is 2.60. The van der Waals surface area contributed by atoms with Crippen LogP contribution in [0.4, 0.5) is 0 Å². The molecule has 0 atom stereocenters. The minimum atomic E-state index is 0.290. The molecule has 3 heterocycles. The van der Waals surface area contributed by atoms with Crippen LogP contribution in [0.2, 0.25) is 5.28 Å². The molecule has 20 heavy (non-hydrogen) atoms. The first-order chi connectivity index (χ1) is 9.84.